The van der Waals surface area contributed by atoms with E-state index in [-0.39, 0.29) is 6.04 Å². The number of benzene rings is 2. The predicted molar refractivity (Wildman–Crippen MR) is 82.8 cm³/mol. The van der Waals surface area contributed by atoms with E-state index < -0.39 is 0 Å². The summed E-state index contributed by atoms with van der Waals surface area (Å²) in [5, 5.41) is 0. The summed E-state index contributed by atoms with van der Waals surface area (Å²) in [6.45, 7) is 2.63. The van der Waals surface area contributed by atoms with E-state index in [1.165, 1.54) is 3.57 Å². The lowest BCUT2D eigenvalue weighted by molar-refractivity contribution is 0.335. The number of hydrogen-bond donors (Lipinski definition) is 1. The number of ether oxygens (including phenoxy) is 1. The van der Waals surface area contributed by atoms with Crippen molar-refractivity contribution >= 4 is 22.6 Å². The van der Waals surface area contributed by atoms with Gasteiger partial charge in [0, 0.05) is 9.13 Å². The van der Waals surface area contributed by atoms with Crippen LogP contribution in [0.4, 0.5) is 0 Å². The monoisotopic (exact) mass is 353 g/mol. The maximum Gasteiger partial charge on any atom is 0.124 e. The first-order valence-electron chi connectivity index (χ1n) is 5.95. The Hall–Kier alpha value is -1.07. The molecule has 0 saturated carbocycles. The normalized spacial score (nSPS) is 12.2. The summed E-state index contributed by atoms with van der Waals surface area (Å²) in [7, 11) is 0. The van der Waals surface area contributed by atoms with Crippen LogP contribution in [-0.2, 0) is 0 Å². The molecule has 0 spiro atoms. The first kappa shape index (κ1) is 13.4. The van der Waals surface area contributed by atoms with Gasteiger partial charge < -0.3 is 10.5 Å². The van der Waals surface area contributed by atoms with Gasteiger partial charge in [-0.1, -0.05) is 30.3 Å². The van der Waals surface area contributed by atoms with E-state index in [1.54, 1.807) is 0 Å². The minimum absolute atomic E-state index is 0.148. The van der Waals surface area contributed by atoms with Crippen molar-refractivity contribution in [3.8, 4) is 5.75 Å². The molecule has 1 unspecified atom stereocenters. The lowest BCUT2D eigenvalue weighted by atomic mass is 9.99. The van der Waals surface area contributed by atoms with Crippen molar-refractivity contribution in [1.29, 1.82) is 0 Å². The molecule has 0 aromatic heterocycles. The molecule has 2 rings (SSSR count). The first-order chi connectivity index (χ1) is 8.72. The third-order valence-corrected chi connectivity index (χ3v) is 3.50. The smallest absolute Gasteiger partial charge is 0.124 e. The fourth-order valence-electron chi connectivity index (χ4n) is 1.87. The Kier molecular flexibility index (Phi) is 4.60. The van der Waals surface area contributed by atoms with Crippen molar-refractivity contribution in [2.45, 2.75) is 13.0 Å². The van der Waals surface area contributed by atoms with Crippen LogP contribution < -0.4 is 10.5 Å². The lowest BCUT2D eigenvalue weighted by Crippen LogP contribution is -2.13. The first-order valence-corrected chi connectivity index (χ1v) is 7.03. The van der Waals surface area contributed by atoms with Gasteiger partial charge in [0.25, 0.3) is 0 Å². The highest BCUT2D eigenvalue weighted by Gasteiger charge is 2.13. The summed E-state index contributed by atoms with van der Waals surface area (Å²) < 4.78 is 6.83. The lowest BCUT2D eigenvalue weighted by Gasteiger charge is -2.16. The Morgan fingerprint density at radius 1 is 1.11 bits per heavy atom. The predicted octanol–water partition coefficient (Wildman–Crippen LogP) is 3.74. The highest BCUT2D eigenvalue weighted by Crippen LogP contribution is 2.28. The molecule has 18 heavy (non-hydrogen) atoms. The minimum atomic E-state index is -0.148. The summed E-state index contributed by atoms with van der Waals surface area (Å²) in [6.07, 6.45) is 0. The molecule has 2 aromatic carbocycles. The summed E-state index contributed by atoms with van der Waals surface area (Å²) in [5.74, 6) is 0.867. The van der Waals surface area contributed by atoms with Gasteiger partial charge in [0.1, 0.15) is 5.75 Å². The quantitative estimate of drug-likeness (QED) is 0.850. The summed E-state index contributed by atoms with van der Waals surface area (Å²) in [4.78, 5) is 0. The number of hydrogen-bond acceptors (Lipinski definition) is 2. The van der Waals surface area contributed by atoms with Gasteiger partial charge >= 0.3 is 0 Å². The van der Waals surface area contributed by atoms with Gasteiger partial charge in [-0.05, 0) is 53.3 Å². The molecule has 0 bridgehead atoms. The Bertz CT molecular complexity index is 510. The average molecular weight is 353 g/mol. The molecule has 2 aromatic rings. The van der Waals surface area contributed by atoms with Crippen LogP contribution >= 0.6 is 22.6 Å². The number of rotatable bonds is 4. The van der Waals surface area contributed by atoms with Gasteiger partial charge in [-0.3, -0.25) is 0 Å². The van der Waals surface area contributed by atoms with Crippen LogP contribution in [0.5, 0.6) is 5.75 Å². The van der Waals surface area contributed by atoms with Gasteiger partial charge in [-0.2, -0.15) is 0 Å². The maximum absolute atomic E-state index is 6.32. The molecule has 2 N–H and O–H groups in total. The minimum Gasteiger partial charge on any atom is -0.494 e. The zero-order valence-corrected chi connectivity index (χ0v) is 12.4. The molecule has 0 radical (unpaired) electrons. The van der Waals surface area contributed by atoms with Crippen LogP contribution in [0.15, 0.2) is 48.5 Å². The van der Waals surface area contributed by atoms with E-state index in [4.69, 9.17) is 10.5 Å². The summed E-state index contributed by atoms with van der Waals surface area (Å²) >= 11 is 2.29. The Morgan fingerprint density at radius 3 is 2.44 bits per heavy atom. The topological polar surface area (TPSA) is 35.2 Å². The molecule has 1 atom stereocenters. The van der Waals surface area contributed by atoms with Gasteiger partial charge in [0.2, 0.25) is 0 Å². The molecule has 0 aliphatic rings. The van der Waals surface area contributed by atoms with Gasteiger partial charge in [0.05, 0.1) is 12.6 Å². The van der Waals surface area contributed by atoms with Crippen molar-refractivity contribution in [1.82, 2.24) is 0 Å². The molecule has 0 aliphatic heterocycles. The molecule has 0 fully saturated rings. The van der Waals surface area contributed by atoms with Crippen LogP contribution in [0.2, 0.25) is 0 Å². The second-order valence-corrected chi connectivity index (χ2v) is 5.25. The SMILES string of the molecule is CCOc1ccccc1C(N)c1ccc(I)cc1. The molecule has 0 heterocycles. The van der Waals surface area contributed by atoms with Crippen molar-refractivity contribution in [3.63, 3.8) is 0 Å². The van der Waals surface area contributed by atoms with Crippen molar-refractivity contribution < 1.29 is 4.74 Å². The van der Waals surface area contributed by atoms with Crippen LogP contribution in [0.3, 0.4) is 0 Å². The summed E-state index contributed by atoms with van der Waals surface area (Å²) in [6, 6.07) is 16.1. The highest BCUT2D eigenvalue weighted by atomic mass is 127. The molecule has 0 saturated heterocycles. The number of halogens is 1. The van der Waals surface area contributed by atoms with E-state index in [0.29, 0.717) is 6.61 Å². The third kappa shape index (κ3) is 3.03. The Balaban J connectivity index is 2.33. The fraction of sp³-hybridized carbons (Fsp3) is 0.200. The Morgan fingerprint density at radius 2 is 1.78 bits per heavy atom. The van der Waals surface area contributed by atoms with Crippen molar-refractivity contribution in [3.05, 3.63) is 63.2 Å². The van der Waals surface area contributed by atoms with Crippen molar-refractivity contribution in [2.75, 3.05) is 6.61 Å². The molecule has 94 valence electrons. The molecular formula is C15H16INO. The maximum atomic E-state index is 6.32. The summed E-state index contributed by atoms with van der Waals surface area (Å²) in [5.41, 5.74) is 8.44. The largest absolute Gasteiger partial charge is 0.494 e. The van der Waals surface area contributed by atoms with Gasteiger partial charge in [0.15, 0.2) is 0 Å². The second-order valence-electron chi connectivity index (χ2n) is 4.00. The molecule has 0 aliphatic carbocycles. The van der Waals surface area contributed by atoms with E-state index in [0.717, 1.165) is 16.9 Å². The Labute approximate surface area is 121 Å². The molecule has 2 nitrogen and oxygen atoms in total. The van der Waals surface area contributed by atoms with Crippen LogP contribution in [0, 0.1) is 3.57 Å². The molecule has 3 heteroatoms. The standard InChI is InChI=1S/C15H16INO/c1-2-18-14-6-4-3-5-13(14)15(17)11-7-9-12(16)10-8-11/h3-10,15H,2,17H2,1H3. The number of nitrogens with two attached hydrogens (primary N) is 1. The van der Waals surface area contributed by atoms with Gasteiger partial charge in [-0.25, -0.2) is 0 Å². The third-order valence-electron chi connectivity index (χ3n) is 2.78. The second kappa shape index (κ2) is 6.20. The van der Waals surface area contributed by atoms with E-state index in [2.05, 4.69) is 46.9 Å². The van der Waals surface area contributed by atoms with Crippen LogP contribution in [0.25, 0.3) is 0 Å². The van der Waals surface area contributed by atoms with Crippen LogP contribution in [-0.4, -0.2) is 6.61 Å². The van der Waals surface area contributed by atoms with Crippen molar-refractivity contribution in [2.24, 2.45) is 5.73 Å². The molecular weight excluding hydrogens is 337 g/mol. The number of para-hydroxylation sites is 1. The molecule has 0 amide bonds. The van der Waals surface area contributed by atoms with Gasteiger partial charge in [-0.15, -0.1) is 0 Å². The van der Waals surface area contributed by atoms with Crippen LogP contribution in [0.1, 0.15) is 24.1 Å². The highest BCUT2D eigenvalue weighted by molar-refractivity contribution is 14.1. The zero-order valence-electron chi connectivity index (χ0n) is 10.3. The zero-order chi connectivity index (χ0) is 13.0. The fourth-order valence-corrected chi connectivity index (χ4v) is 2.23. The average Bonchev–Trinajstić information content (AvgIpc) is 2.40. The van der Waals surface area contributed by atoms with E-state index in [9.17, 15) is 0 Å². The van der Waals surface area contributed by atoms with E-state index >= 15 is 0 Å². The van der Waals surface area contributed by atoms with E-state index in [1.807, 2.05) is 31.2 Å².